The summed E-state index contributed by atoms with van der Waals surface area (Å²) < 4.78 is 25.9. The van der Waals surface area contributed by atoms with Crippen LogP contribution < -0.4 is 14.8 Å². The van der Waals surface area contributed by atoms with Crippen LogP contribution in [0.15, 0.2) is 60.7 Å². The van der Waals surface area contributed by atoms with Crippen LogP contribution in [0.1, 0.15) is 11.1 Å². The molecule has 0 heterocycles. The highest BCUT2D eigenvalue weighted by atomic mass is 127. The van der Waals surface area contributed by atoms with Crippen molar-refractivity contribution < 1.29 is 18.8 Å². The van der Waals surface area contributed by atoms with Gasteiger partial charge in [-0.05, 0) is 52.4 Å². The fourth-order valence-electron chi connectivity index (χ4n) is 2.71. The number of non-ortho nitro benzene ring substituents is 1. The predicted octanol–water partition coefficient (Wildman–Crippen LogP) is 5.54. The van der Waals surface area contributed by atoms with E-state index in [-0.39, 0.29) is 18.1 Å². The van der Waals surface area contributed by atoms with Crippen molar-refractivity contribution in [1.29, 1.82) is 0 Å². The molecular weight excluding hydrogens is 490 g/mol. The van der Waals surface area contributed by atoms with E-state index in [0.717, 1.165) is 9.13 Å². The molecule has 0 bridgehead atoms. The Morgan fingerprint density at radius 1 is 1.14 bits per heavy atom. The summed E-state index contributed by atoms with van der Waals surface area (Å²) in [5, 5.41) is 14.1. The number of rotatable bonds is 8. The summed E-state index contributed by atoms with van der Waals surface area (Å²) >= 11 is 2.14. The lowest BCUT2D eigenvalue weighted by molar-refractivity contribution is -0.384. The molecule has 29 heavy (non-hydrogen) atoms. The molecule has 1 N–H and O–H groups in total. The van der Waals surface area contributed by atoms with Crippen LogP contribution in [-0.2, 0) is 13.2 Å². The number of nitro benzene ring substituents is 1. The number of nitrogens with one attached hydrogen (secondary N) is 1. The molecule has 0 amide bonds. The van der Waals surface area contributed by atoms with E-state index in [1.54, 1.807) is 37.4 Å². The number of halogens is 2. The van der Waals surface area contributed by atoms with E-state index >= 15 is 0 Å². The Bertz CT molecular complexity index is 1030. The third kappa shape index (κ3) is 5.35. The lowest BCUT2D eigenvalue weighted by atomic mass is 10.2. The second kappa shape index (κ2) is 9.55. The fraction of sp³-hybridized carbons (Fsp3) is 0.143. The molecule has 0 aliphatic heterocycles. The molecule has 3 aromatic carbocycles. The van der Waals surface area contributed by atoms with Crippen LogP contribution in [0.4, 0.5) is 15.8 Å². The average Bonchev–Trinajstić information content (AvgIpc) is 2.72. The lowest BCUT2D eigenvalue weighted by Crippen LogP contribution is -2.04. The van der Waals surface area contributed by atoms with Gasteiger partial charge in [0.2, 0.25) is 0 Å². The van der Waals surface area contributed by atoms with Crippen LogP contribution in [0.5, 0.6) is 11.5 Å². The number of anilines is 1. The van der Waals surface area contributed by atoms with E-state index in [0.29, 0.717) is 29.3 Å². The molecule has 0 aromatic heterocycles. The molecule has 6 nitrogen and oxygen atoms in total. The number of hydrogen-bond acceptors (Lipinski definition) is 5. The van der Waals surface area contributed by atoms with Crippen molar-refractivity contribution in [3.05, 3.63) is 91.3 Å². The maximum Gasteiger partial charge on any atom is 0.271 e. The third-order valence-corrected chi connectivity index (χ3v) is 4.97. The highest BCUT2D eigenvalue weighted by molar-refractivity contribution is 14.1. The summed E-state index contributed by atoms with van der Waals surface area (Å²) in [6.45, 7) is 0.533. The molecule has 0 saturated heterocycles. The summed E-state index contributed by atoms with van der Waals surface area (Å²) in [5.74, 6) is 0.749. The van der Waals surface area contributed by atoms with E-state index < -0.39 is 4.92 Å². The SMILES string of the molecule is COc1cc(CNc2cccc([N+](=O)[O-])c2)cc(I)c1OCc1ccccc1F. The van der Waals surface area contributed by atoms with Crippen molar-refractivity contribution in [3.63, 3.8) is 0 Å². The van der Waals surface area contributed by atoms with Crippen LogP contribution in [0.3, 0.4) is 0 Å². The largest absolute Gasteiger partial charge is 0.493 e. The zero-order valence-corrected chi connectivity index (χ0v) is 17.7. The van der Waals surface area contributed by atoms with Crippen molar-refractivity contribution in [2.75, 3.05) is 12.4 Å². The van der Waals surface area contributed by atoms with Crippen LogP contribution >= 0.6 is 22.6 Å². The molecule has 0 atom stereocenters. The molecule has 150 valence electrons. The number of nitrogens with zero attached hydrogens (tertiary/aromatic N) is 1. The summed E-state index contributed by atoms with van der Waals surface area (Å²) in [6.07, 6.45) is 0. The van der Waals surface area contributed by atoms with Crippen LogP contribution in [0.25, 0.3) is 0 Å². The van der Waals surface area contributed by atoms with Gasteiger partial charge in [-0.25, -0.2) is 4.39 Å². The van der Waals surface area contributed by atoms with Crippen molar-refractivity contribution in [2.45, 2.75) is 13.2 Å². The highest BCUT2D eigenvalue weighted by Crippen LogP contribution is 2.35. The van der Waals surface area contributed by atoms with Gasteiger partial charge in [-0.2, -0.15) is 0 Å². The van der Waals surface area contributed by atoms with Gasteiger partial charge < -0.3 is 14.8 Å². The van der Waals surface area contributed by atoms with E-state index in [1.807, 2.05) is 12.1 Å². The smallest absolute Gasteiger partial charge is 0.271 e. The minimum atomic E-state index is -0.432. The molecule has 0 aliphatic carbocycles. The normalized spacial score (nSPS) is 10.4. The molecule has 0 radical (unpaired) electrons. The van der Waals surface area contributed by atoms with Gasteiger partial charge in [-0.15, -0.1) is 0 Å². The fourth-order valence-corrected chi connectivity index (χ4v) is 3.54. The summed E-state index contributed by atoms with van der Waals surface area (Å²) in [5.41, 5.74) is 2.05. The number of nitro groups is 1. The summed E-state index contributed by atoms with van der Waals surface area (Å²) in [4.78, 5) is 10.5. The Morgan fingerprint density at radius 3 is 2.66 bits per heavy atom. The molecule has 0 unspecified atom stereocenters. The minimum Gasteiger partial charge on any atom is -0.493 e. The Morgan fingerprint density at radius 2 is 1.93 bits per heavy atom. The maximum absolute atomic E-state index is 13.8. The van der Waals surface area contributed by atoms with Gasteiger partial charge in [0, 0.05) is 29.9 Å². The van der Waals surface area contributed by atoms with E-state index in [1.165, 1.54) is 18.2 Å². The number of methoxy groups -OCH3 is 1. The average molecular weight is 508 g/mol. The van der Waals surface area contributed by atoms with E-state index in [9.17, 15) is 14.5 Å². The van der Waals surface area contributed by atoms with Crippen molar-refractivity contribution >= 4 is 34.0 Å². The molecule has 0 spiro atoms. The standard InChI is InChI=1S/C21H18FIN2O4/c1-28-20-10-14(12-24-16-6-4-7-17(11-16)25(26)27)9-19(23)21(20)29-13-15-5-2-3-8-18(15)22/h2-11,24H,12-13H2,1H3. The monoisotopic (exact) mass is 508 g/mol. The van der Waals surface area contributed by atoms with Gasteiger partial charge in [0.15, 0.2) is 11.5 Å². The Kier molecular flexibility index (Phi) is 6.86. The Labute approximate surface area is 180 Å². The van der Waals surface area contributed by atoms with Gasteiger partial charge >= 0.3 is 0 Å². The van der Waals surface area contributed by atoms with Gasteiger partial charge in [-0.3, -0.25) is 10.1 Å². The first-order valence-electron chi connectivity index (χ1n) is 8.69. The van der Waals surface area contributed by atoms with Gasteiger partial charge in [0.25, 0.3) is 5.69 Å². The van der Waals surface area contributed by atoms with Crippen molar-refractivity contribution in [1.82, 2.24) is 0 Å². The van der Waals surface area contributed by atoms with Gasteiger partial charge in [0.1, 0.15) is 12.4 Å². The predicted molar refractivity (Wildman–Crippen MR) is 117 cm³/mol. The molecule has 3 aromatic rings. The Hall–Kier alpha value is -2.88. The Balaban J connectivity index is 1.73. The van der Waals surface area contributed by atoms with E-state index in [2.05, 4.69) is 27.9 Å². The molecule has 3 rings (SSSR count). The molecule has 0 fully saturated rings. The molecular formula is C21H18FIN2O4. The van der Waals surface area contributed by atoms with Crippen LogP contribution in [0.2, 0.25) is 0 Å². The van der Waals surface area contributed by atoms with Crippen LogP contribution in [0, 0.1) is 19.5 Å². The van der Waals surface area contributed by atoms with Crippen molar-refractivity contribution in [3.8, 4) is 11.5 Å². The first-order chi connectivity index (χ1) is 14.0. The second-order valence-corrected chi connectivity index (χ2v) is 7.31. The number of hydrogen-bond donors (Lipinski definition) is 1. The summed E-state index contributed by atoms with van der Waals surface area (Å²) in [7, 11) is 1.54. The van der Waals surface area contributed by atoms with Crippen LogP contribution in [-0.4, -0.2) is 12.0 Å². The maximum atomic E-state index is 13.8. The zero-order valence-electron chi connectivity index (χ0n) is 15.5. The van der Waals surface area contributed by atoms with Gasteiger partial charge in [-0.1, -0.05) is 24.3 Å². The number of ether oxygens (including phenoxy) is 2. The first kappa shape index (κ1) is 20.8. The quantitative estimate of drug-likeness (QED) is 0.246. The number of benzene rings is 3. The van der Waals surface area contributed by atoms with Gasteiger partial charge in [0.05, 0.1) is 15.6 Å². The molecule has 0 saturated carbocycles. The minimum absolute atomic E-state index is 0.0269. The lowest BCUT2D eigenvalue weighted by Gasteiger charge is -2.15. The zero-order chi connectivity index (χ0) is 20.8. The first-order valence-corrected chi connectivity index (χ1v) is 9.76. The molecule has 8 heteroatoms. The van der Waals surface area contributed by atoms with E-state index in [4.69, 9.17) is 9.47 Å². The van der Waals surface area contributed by atoms with Crippen molar-refractivity contribution in [2.24, 2.45) is 0 Å². The molecule has 0 aliphatic rings. The third-order valence-electron chi connectivity index (χ3n) is 4.17. The second-order valence-electron chi connectivity index (χ2n) is 6.15. The summed E-state index contributed by atoms with van der Waals surface area (Å²) in [6, 6.07) is 16.5. The topological polar surface area (TPSA) is 73.6 Å². The highest BCUT2D eigenvalue weighted by Gasteiger charge is 2.13.